The van der Waals surface area contributed by atoms with Crippen LogP contribution in [0.3, 0.4) is 0 Å². The van der Waals surface area contributed by atoms with Crippen LogP contribution in [0, 0.1) is 0 Å². The van der Waals surface area contributed by atoms with Crippen molar-refractivity contribution in [2.24, 2.45) is 0 Å². The molecule has 1 aromatic carbocycles. The smallest absolute Gasteiger partial charge is 0.305 e. The molecule has 21 heavy (non-hydrogen) atoms. The van der Waals surface area contributed by atoms with Crippen molar-refractivity contribution >= 4 is 17.6 Å². The van der Waals surface area contributed by atoms with Crippen LogP contribution in [-0.2, 0) is 14.3 Å². The fourth-order valence-corrected chi connectivity index (χ4v) is 2.36. The maximum Gasteiger partial charge on any atom is 0.305 e. The second kappa shape index (κ2) is 7.08. The zero-order valence-electron chi connectivity index (χ0n) is 11.9. The lowest BCUT2D eigenvalue weighted by atomic mass is 10.1. The maximum absolute atomic E-state index is 12.6. The molecule has 0 aliphatic carbocycles. The maximum atomic E-state index is 12.6. The van der Waals surface area contributed by atoms with Crippen LogP contribution >= 0.6 is 0 Å². The fraction of sp³-hybridized carbons (Fsp3) is 0.467. The number of rotatable bonds is 6. The minimum Gasteiger partial charge on any atom is -0.495 e. The lowest BCUT2D eigenvalue weighted by molar-refractivity contribution is -0.136. The molecule has 6 nitrogen and oxygen atoms in total. The zero-order valence-corrected chi connectivity index (χ0v) is 11.9. The van der Waals surface area contributed by atoms with Gasteiger partial charge in [0, 0.05) is 13.2 Å². The summed E-state index contributed by atoms with van der Waals surface area (Å²) in [5, 5.41) is 8.88. The van der Waals surface area contributed by atoms with E-state index < -0.39 is 12.1 Å². The molecule has 0 aromatic heterocycles. The number of nitrogens with zero attached hydrogens (tertiary/aromatic N) is 1. The van der Waals surface area contributed by atoms with E-state index in [2.05, 4.69) is 0 Å². The Morgan fingerprint density at radius 3 is 2.81 bits per heavy atom. The van der Waals surface area contributed by atoms with Gasteiger partial charge in [0.2, 0.25) is 0 Å². The van der Waals surface area contributed by atoms with Crippen LogP contribution in [0.2, 0.25) is 0 Å². The van der Waals surface area contributed by atoms with Crippen LogP contribution in [0.4, 0.5) is 5.69 Å². The van der Waals surface area contributed by atoms with E-state index in [0.717, 1.165) is 6.42 Å². The summed E-state index contributed by atoms with van der Waals surface area (Å²) in [5.41, 5.74) is 0.571. The van der Waals surface area contributed by atoms with Crippen molar-refractivity contribution in [3.63, 3.8) is 0 Å². The first-order chi connectivity index (χ1) is 10.1. The minimum atomic E-state index is -0.949. The van der Waals surface area contributed by atoms with Crippen molar-refractivity contribution in [3.05, 3.63) is 24.3 Å². The van der Waals surface area contributed by atoms with Crippen molar-refractivity contribution in [2.45, 2.75) is 25.4 Å². The number of benzene rings is 1. The number of anilines is 1. The summed E-state index contributed by atoms with van der Waals surface area (Å²) in [6.07, 6.45) is 0.882. The lowest BCUT2D eigenvalue weighted by Crippen LogP contribution is -2.40. The molecule has 1 aliphatic rings. The van der Waals surface area contributed by atoms with E-state index in [-0.39, 0.29) is 18.9 Å². The number of carboxylic acid groups (broad SMARTS) is 1. The Kier molecular flexibility index (Phi) is 5.16. The predicted molar refractivity (Wildman–Crippen MR) is 76.6 cm³/mol. The molecule has 1 atom stereocenters. The molecule has 1 N–H and O–H groups in total. The Bertz CT molecular complexity index is 511. The van der Waals surface area contributed by atoms with Crippen molar-refractivity contribution in [2.75, 3.05) is 25.2 Å². The Labute approximate surface area is 123 Å². The molecule has 0 radical (unpaired) electrons. The van der Waals surface area contributed by atoms with Gasteiger partial charge >= 0.3 is 5.97 Å². The highest BCUT2D eigenvalue weighted by molar-refractivity contribution is 5.98. The zero-order chi connectivity index (χ0) is 15.2. The van der Waals surface area contributed by atoms with Crippen LogP contribution in [0.25, 0.3) is 0 Å². The molecule has 1 fully saturated rings. The molecule has 6 heteroatoms. The van der Waals surface area contributed by atoms with Crippen LogP contribution in [0.15, 0.2) is 24.3 Å². The van der Waals surface area contributed by atoms with E-state index in [4.69, 9.17) is 14.6 Å². The third kappa shape index (κ3) is 3.72. The highest BCUT2D eigenvalue weighted by atomic mass is 16.5. The van der Waals surface area contributed by atoms with Gasteiger partial charge in [-0.3, -0.25) is 9.59 Å². The molecule has 0 spiro atoms. The lowest BCUT2D eigenvalue weighted by Gasteiger charge is -2.26. The van der Waals surface area contributed by atoms with Gasteiger partial charge in [0.25, 0.3) is 5.91 Å². The van der Waals surface area contributed by atoms with E-state index >= 15 is 0 Å². The van der Waals surface area contributed by atoms with Gasteiger partial charge in [0.1, 0.15) is 11.9 Å². The van der Waals surface area contributed by atoms with E-state index in [0.29, 0.717) is 24.5 Å². The number of hydrogen-bond acceptors (Lipinski definition) is 4. The largest absolute Gasteiger partial charge is 0.495 e. The van der Waals surface area contributed by atoms with Crippen LogP contribution in [-0.4, -0.2) is 43.3 Å². The monoisotopic (exact) mass is 293 g/mol. The van der Waals surface area contributed by atoms with E-state index in [1.54, 1.807) is 24.3 Å². The minimum absolute atomic E-state index is 0.0917. The number of carbonyl (C=O) groups excluding carboxylic acids is 1. The topological polar surface area (TPSA) is 76.1 Å². The standard InChI is InChI=1S/C15H19NO5/c1-20-12-6-3-2-5-11(12)16(9-8-14(17)18)15(19)13-7-4-10-21-13/h2-3,5-6,13H,4,7-10H2,1H3,(H,17,18). The number of amides is 1. The second-order valence-electron chi connectivity index (χ2n) is 4.81. The van der Waals surface area contributed by atoms with Crippen LogP contribution in [0.1, 0.15) is 19.3 Å². The third-order valence-electron chi connectivity index (χ3n) is 3.40. The molecular formula is C15H19NO5. The number of carbonyl (C=O) groups is 2. The van der Waals surface area contributed by atoms with Gasteiger partial charge in [-0.2, -0.15) is 0 Å². The predicted octanol–water partition coefficient (Wildman–Crippen LogP) is 1.68. The quantitative estimate of drug-likeness (QED) is 0.863. The van der Waals surface area contributed by atoms with E-state index in [1.165, 1.54) is 12.0 Å². The third-order valence-corrected chi connectivity index (χ3v) is 3.40. The number of hydrogen-bond donors (Lipinski definition) is 1. The van der Waals surface area contributed by atoms with Gasteiger partial charge in [-0.15, -0.1) is 0 Å². The highest BCUT2D eigenvalue weighted by Gasteiger charge is 2.30. The molecule has 1 aromatic rings. The molecule has 0 saturated carbocycles. The molecule has 1 heterocycles. The first-order valence-corrected chi connectivity index (χ1v) is 6.91. The average Bonchev–Trinajstić information content (AvgIpc) is 3.01. The molecular weight excluding hydrogens is 274 g/mol. The van der Waals surface area contributed by atoms with Gasteiger partial charge < -0.3 is 19.5 Å². The van der Waals surface area contributed by atoms with Crippen molar-refractivity contribution < 1.29 is 24.2 Å². The summed E-state index contributed by atoms with van der Waals surface area (Å²) in [4.78, 5) is 24.9. The Balaban J connectivity index is 2.25. The number of ether oxygens (including phenoxy) is 2. The fourth-order valence-electron chi connectivity index (χ4n) is 2.36. The Hall–Kier alpha value is -2.08. The molecule has 1 aliphatic heterocycles. The number of methoxy groups -OCH3 is 1. The summed E-state index contributed by atoms with van der Waals surface area (Å²) in [6, 6.07) is 7.07. The summed E-state index contributed by atoms with van der Waals surface area (Å²) in [5.74, 6) is -0.623. The van der Waals surface area contributed by atoms with E-state index in [1.807, 2.05) is 0 Å². The number of carboxylic acids is 1. The van der Waals surface area contributed by atoms with Gasteiger partial charge in [0.05, 0.1) is 19.2 Å². The second-order valence-corrected chi connectivity index (χ2v) is 4.81. The van der Waals surface area contributed by atoms with Crippen LogP contribution < -0.4 is 9.64 Å². The van der Waals surface area contributed by atoms with Crippen LogP contribution in [0.5, 0.6) is 5.75 Å². The van der Waals surface area contributed by atoms with Crippen molar-refractivity contribution in [1.29, 1.82) is 0 Å². The van der Waals surface area contributed by atoms with E-state index in [9.17, 15) is 9.59 Å². The average molecular weight is 293 g/mol. The highest BCUT2D eigenvalue weighted by Crippen LogP contribution is 2.29. The summed E-state index contributed by atoms with van der Waals surface area (Å²) < 4.78 is 10.7. The van der Waals surface area contributed by atoms with Gasteiger partial charge in [-0.05, 0) is 25.0 Å². The summed E-state index contributed by atoms with van der Waals surface area (Å²) >= 11 is 0. The Morgan fingerprint density at radius 2 is 2.19 bits per heavy atom. The Morgan fingerprint density at radius 1 is 1.43 bits per heavy atom. The molecule has 0 bridgehead atoms. The van der Waals surface area contributed by atoms with Gasteiger partial charge in [0.15, 0.2) is 0 Å². The molecule has 1 saturated heterocycles. The van der Waals surface area contributed by atoms with Gasteiger partial charge in [-0.1, -0.05) is 12.1 Å². The number of para-hydroxylation sites is 2. The summed E-state index contributed by atoms with van der Waals surface area (Å²) in [6.45, 7) is 0.656. The first kappa shape index (κ1) is 15.3. The normalized spacial score (nSPS) is 17.5. The van der Waals surface area contributed by atoms with Crippen molar-refractivity contribution in [3.8, 4) is 5.75 Å². The molecule has 1 unspecified atom stereocenters. The number of aliphatic carboxylic acids is 1. The molecule has 114 valence electrons. The molecule has 2 rings (SSSR count). The SMILES string of the molecule is COc1ccccc1N(CCC(=O)O)C(=O)C1CCCO1. The van der Waals surface area contributed by atoms with Gasteiger partial charge in [-0.25, -0.2) is 0 Å². The molecule has 1 amide bonds. The van der Waals surface area contributed by atoms with Crippen molar-refractivity contribution in [1.82, 2.24) is 0 Å². The first-order valence-electron chi connectivity index (χ1n) is 6.91. The summed E-state index contributed by atoms with van der Waals surface area (Å²) in [7, 11) is 1.52.